The smallest absolute Gasteiger partial charge is 0.350 e. The van der Waals surface area contributed by atoms with Gasteiger partial charge in [-0.25, -0.2) is 4.68 Å². The third-order valence-electron chi connectivity index (χ3n) is 2.43. The van der Waals surface area contributed by atoms with Crippen molar-refractivity contribution in [3.05, 3.63) is 16.3 Å². The van der Waals surface area contributed by atoms with Crippen molar-refractivity contribution < 1.29 is 9.66 Å². The molecular weight excluding hydrogens is 186 g/mol. The lowest BCUT2D eigenvalue weighted by Gasteiger charge is -2.30. The third kappa shape index (κ3) is 1.14. The molecule has 6 heteroatoms. The van der Waals surface area contributed by atoms with Gasteiger partial charge >= 0.3 is 5.69 Å². The number of hydrogen-bond donors (Lipinski definition) is 0. The van der Waals surface area contributed by atoms with Gasteiger partial charge in [-0.15, -0.1) is 0 Å². The second-order valence-corrected chi connectivity index (χ2v) is 3.91. The number of nitrogens with zero attached hydrogens (tertiary/aromatic N) is 3. The standard InChI is InChI=1S/C8H11N3O3/c1-8(2)3-4-14-7-6(11(12)13)5-9-10(7)8/h5H,3-4H2,1-2H3. The van der Waals surface area contributed by atoms with E-state index in [1.165, 1.54) is 6.20 Å². The van der Waals surface area contributed by atoms with E-state index in [1.807, 2.05) is 13.8 Å². The van der Waals surface area contributed by atoms with Crippen LogP contribution < -0.4 is 4.74 Å². The minimum Gasteiger partial charge on any atom is -0.473 e. The molecule has 0 bridgehead atoms. The van der Waals surface area contributed by atoms with Gasteiger partial charge < -0.3 is 4.74 Å². The van der Waals surface area contributed by atoms with Crippen LogP contribution in [0.25, 0.3) is 0 Å². The van der Waals surface area contributed by atoms with Crippen LogP contribution in [-0.2, 0) is 5.54 Å². The first-order chi connectivity index (χ1) is 6.52. The maximum Gasteiger partial charge on any atom is 0.350 e. The Morgan fingerprint density at radius 3 is 3.07 bits per heavy atom. The van der Waals surface area contributed by atoms with E-state index in [0.29, 0.717) is 6.61 Å². The molecule has 1 aromatic heterocycles. The van der Waals surface area contributed by atoms with E-state index >= 15 is 0 Å². The number of ether oxygens (including phenoxy) is 1. The van der Waals surface area contributed by atoms with Crippen molar-refractivity contribution in [2.75, 3.05) is 6.61 Å². The topological polar surface area (TPSA) is 70.2 Å². The molecule has 76 valence electrons. The molecule has 0 aliphatic carbocycles. The van der Waals surface area contributed by atoms with E-state index in [9.17, 15) is 10.1 Å². The highest BCUT2D eigenvalue weighted by molar-refractivity contribution is 5.40. The summed E-state index contributed by atoms with van der Waals surface area (Å²) in [6.45, 7) is 4.46. The molecule has 0 unspecified atom stereocenters. The molecule has 0 saturated carbocycles. The summed E-state index contributed by atoms with van der Waals surface area (Å²) in [6, 6.07) is 0. The number of hydrogen-bond acceptors (Lipinski definition) is 4. The van der Waals surface area contributed by atoms with Crippen LogP contribution in [0.3, 0.4) is 0 Å². The number of aromatic nitrogens is 2. The van der Waals surface area contributed by atoms with Crippen LogP contribution >= 0.6 is 0 Å². The molecule has 0 atom stereocenters. The van der Waals surface area contributed by atoms with Crippen LogP contribution in [0.1, 0.15) is 20.3 Å². The average Bonchev–Trinajstić information content (AvgIpc) is 2.48. The lowest BCUT2D eigenvalue weighted by atomic mass is 10.0. The molecule has 0 N–H and O–H groups in total. The highest BCUT2D eigenvalue weighted by Gasteiger charge is 2.34. The van der Waals surface area contributed by atoms with E-state index in [4.69, 9.17) is 4.74 Å². The van der Waals surface area contributed by atoms with Crippen molar-refractivity contribution in [1.82, 2.24) is 9.78 Å². The zero-order valence-electron chi connectivity index (χ0n) is 8.06. The Hall–Kier alpha value is -1.59. The maximum absolute atomic E-state index is 10.6. The SMILES string of the molecule is CC1(C)CCOc2c([N+](=O)[O-])cnn21. The van der Waals surface area contributed by atoms with Crippen LogP contribution in [0.2, 0.25) is 0 Å². The Morgan fingerprint density at radius 1 is 1.71 bits per heavy atom. The summed E-state index contributed by atoms with van der Waals surface area (Å²) in [5.41, 5.74) is -0.264. The molecule has 1 aromatic rings. The summed E-state index contributed by atoms with van der Waals surface area (Å²) in [6.07, 6.45) is 2.04. The van der Waals surface area contributed by atoms with E-state index in [2.05, 4.69) is 5.10 Å². The Labute approximate surface area is 80.6 Å². The second-order valence-electron chi connectivity index (χ2n) is 3.91. The molecule has 0 aromatic carbocycles. The first-order valence-corrected chi connectivity index (χ1v) is 4.38. The van der Waals surface area contributed by atoms with Gasteiger partial charge in [0.05, 0.1) is 17.1 Å². The molecule has 0 amide bonds. The van der Waals surface area contributed by atoms with Crippen molar-refractivity contribution in [2.45, 2.75) is 25.8 Å². The van der Waals surface area contributed by atoms with Crippen LogP contribution in [0.15, 0.2) is 6.20 Å². The summed E-state index contributed by atoms with van der Waals surface area (Å²) in [5.74, 6) is 0.270. The predicted molar refractivity (Wildman–Crippen MR) is 48.3 cm³/mol. The van der Waals surface area contributed by atoms with Gasteiger partial charge in [-0.2, -0.15) is 5.10 Å². The highest BCUT2D eigenvalue weighted by atomic mass is 16.6. The largest absolute Gasteiger partial charge is 0.473 e. The zero-order chi connectivity index (χ0) is 10.3. The van der Waals surface area contributed by atoms with Gasteiger partial charge in [-0.1, -0.05) is 0 Å². The zero-order valence-corrected chi connectivity index (χ0v) is 8.06. The number of fused-ring (bicyclic) bond motifs is 1. The van der Waals surface area contributed by atoms with Gasteiger partial charge in [0.2, 0.25) is 0 Å². The monoisotopic (exact) mass is 197 g/mol. The molecule has 2 rings (SSSR count). The number of rotatable bonds is 1. The van der Waals surface area contributed by atoms with Gasteiger partial charge in [0.15, 0.2) is 0 Å². The average molecular weight is 197 g/mol. The normalized spacial score (nSPS) is 18.4. The first-order valence-electron chi connectivity index (χ1n) is 4.38. The second kappa shape index (κ2) is 2.70. The fourth-order valence-corrected chi connectivity index (χ4v) is 1.52. The molecule has 6 nitrogen and oxygen atoms in total. The minimum atomic E-state index is -0.472. The quantitative estimate of drug-likeness (QED) is 0.502. The Kier molecular flexibility index (Phi) is 1.73. The van der Waals surface area contributed by atoms with E-state index in [0.717, 1.165) is 6.42 Å². The Morgan fingerprint density at radius 2 is 2.43 bits per heavy atom. The Balaban J connectivity index is 2.53. The van der Waals surface area contributed by atoms with Crippen molar-refractivity contribution >= 4 is 5.69 Å². The summed E-state index contributed by atoms with van der Waals surface area (Å²) in [4.78, 5) is 10.1. The predicted octanol–water partition coefficient (Wildman–Crippen LogP) is 1.31. The van der Waals surface area contributed by atoms with Gasteiger partial charge in [0.1, 0.15) is 6.20 Å². The summed E-state index contributed by atoms with van der Waals surface area (Å²) in [5, 5.41) is 14.6. The van der Waals surface area contributed by atoms with E-state index < -0.39 is 4.92 Å². The summed E-state index contributed by atoms with van der Waals surface area (Å²) in [7, 11) is 0. The van der Waals surface area contributed by atoms with Crippen molar-refractivity contribution in [3.63, 3.8) is 0 Å². The first kappa shape index (κ1) is 8.98. The van der Waals surface area contributed by atoms with Crippen LogP contribution in [0, 0.1) is 10.1 Å². The molecular formula is C8H11N3O3. The lowest BCUT2D eigenvalue weighted by molar-refractivity contribution is -0.386. The lowest BCUT2D eigenvalue weighted by Crippen LogP contribution is -2.34. The van der Waals surface area contributed by atoms with Gasteiger partial charge in [-0.3, -0.25) is 10.1 Å². The van der Waals surface area contributed by atoms with Crippen LogP contribution in [0.5, 0.6) is 5.88 Å². The minimum absolute atomic E-state index is 0.0576. The van der Waals surface area contributed by atoms with Gasteiger partial charge in [-0.05, 0) is 13.8 Å². The molecule has 0 spiro atoms. The van der Waals surface area contributed by atoms with Crippen molar-refractivity contribution in [1.29, 1.82) is 0 Å². The molecule has 0 radical (unpaired) electrons. The van der Waals surface area contributed by atoms with Crippen LogP contribution in [0.4, 0.5) is 5.69 Å². The highest BCUT2D eigenvalue weighted by Crippen LogP contribution is 2.36. The molecule has 0 saturated heterocycles. The van der Waals surface area contributed by atoms with E-state index in [1.54, 1.807) is 4.68 Å². The molecule has 1 aliphatic rings. The van der Waals surface area contributed by atoms with Gasteiger partial charge in [0, 0.05) is 6.42 Å². The number of nitro groups is 1. The summed E-state index contributed by atoms with van der Waals surface area (Å²) < 4.78 is 6.83. The fourth-order valence-electron chi connectivity index (χ4n) is 1.52. The van der Waals surface area contributed by atoms with Crippen molar-refractivity contribution in [2.24, 2.45) is 0 Å². The van der Waals surface area contributed by atoms with Gasteiger partial charge in [0.25, 0.3) is 5.88 Å². The Bertz CT molecular complexity index is 383. The van der Waals surface area contributed by atoms with Crippen LogP contribution in [-0.4, -0.2) is 21.3 Å². The molecule has 1 aliphatic heterocycles. The molecule has 2 heterocycles. The van der Waals surface area contributed by atoms with E-state index in [-0.39, 0.29) is 17.1 Å². The maximum atomic E-state index is 10.6. The molecule has 14 heavy (non-hydrogen) atoms. The summed E-state index contributed by atoms with van der Waals surface area (Å²) >= 11 is 0. The fraction of sp³-hybridized carbons (Fsp3) is 0.625. The van der Waals surface area contributed by atoms with Crippen molar-refractivity contribution in [3.8, 4) is 5.88 Å². The molecule has 0 fully saturated rings. The third-order valence-corrected chi connectivity index (χ3v) is 2.43.